The van der Waals surface area contributed by atoms with Gasteiger partial charge >= 0.3 is 5.97 Å². The highest BCUT2D eigenvalue weighted by molar-refractivity contribution is 5.97. The molecule has 0 heterocycles. The zero-order chi connectivity index (χ0) is 19.1. The molecule has 0 atom stereocenters. The van der Waals surface area contributed by atoms with Gasteiger partial charge in [-0.2, -0.15) is 5.26 Å². The van der Waals surface area contributed by atoms with Crippen LogP contribution in [0, 0.1) is 11.3 Å². The minimum absolute atomic E-state index is 0.338. The lowest BCUT2D eigenvalue weighted by Gasteiger charge is -2.21. The van der Waals surface area contributed by atoms with Gasteiger partial charge < -0.3 is 15.4 Å². The average Bonchev–Trinajstić information content (AvgIpc) is 3.16. The number of carbonyl (C=O) groups excluding carboxylic acids is 2. The minimum Gasteiger partial charge on any atom is -0.452 e. The summed E-state index contributed by atoms with van der Waals surface area (Å²) in [5.41, 5.74) is 0.951. The van der Waals surface area contributed by atoms with Crippen LogP contribution >= 0.6 is 0 Å². The van der Waals surface area contributed by atoms with E-state index in [0.717, 1.165) is 18.5 Å². The molecule has 0 spiro atoms. The fraction of sp³-hybridized carbons (Fsp3) is 0.286. The number of esters is 1. The van der Waals surface area contributed by atoms with Crippen LogP contribution in [-0.4, -0.2) is 24.0 Å². The third kappa shape index (κ3) is 4.64. The van der Waals surface area contributed by atoms with E-state index in [0.29, 0.717) is 24.1 Å². The van der Waals surface area contributed by atoms with Crippen LogP contribution in [-0.2, 0) is 9.53 Å². The second kappa shape index (κ2) is 8.37. The number of carbonyl (C=O) groups is 2. The fourth-order valence-corrected chi connectivity index (χ4v) is 3.20. The molecule has 3 rings (SSSR count). The van der Waals surface area contributed by atoms with Crippen molar-refractivity contribution in [2.24, 2.45) is 0 Å². The van der Waals surface area contributed by atoms with E-state index in [-0.39, 0.29) is 0 Å². The van der Waals surface area contributed by atoms with Gasteiger partial charge in [-0.25, -0.2) is 4.79 Å². The van der Waals surface area contributed by atoms with Gasteiger partial charge in [0.25, 0.3) is 5.91 Å². The maximum atomic E-state index is 12.4. The predicted octanol–water partition coefficient (Wildman–Crippen LogP) is 3.54. The number of anilines is 2. The third-order valence-corrected chi connectivity index (χ3v) is 4.58. The number of amides is 1. The van der Waals surface area contributed by atoms with Crippen LogP contribution in [0.5, 0.6) is 0 Å². The molecule has 138 valence electrons. The van der Waals surface area contributed by atoms with Gasteiger partial charge in [0.2, 0.25) is 0 Å². The van der Waals surface area contributed by atoms with Crippen LogP contribution in [0.25, 0.3) is 0 Å². The van der Waals surface area contributed by atoms with Gasteiger partial charge in [-0.3, -0.25) is 4.79 Å². The molecule has 2 aromatic carbocycles. The fourth-order valence-electron chi connectivity index (χ4n) is 3.20. The molecule has 6 heteroatoms. The number of para-hydroxylation sites is 2. The van der Waals surface area contributed by atoms with Crippen molar-refractivity contribution in [3.63, 3.8) is 0 Å². The molecule has 6 nitrogen and oxygen atoms in total. The molecule has 1 aliphatic rings. The zero-order valence-electron chi connectivity index (χ0n) is 14.9. The Kier molecular flexibility index (Phi) is 5.72. The van der Waals surface area contributed by atoms with Crippen LogP contribution in [0.15, 0.2) is 54.6 Å². The van der Waals surface area contributed by atoms with Crippen molar-refractivity contribution in [1.82, 2.24) is 5.32 Å². The van der Waals surface area contributed by atoms with Gasteiger partial charge in [-0.1, -0.05) is 30.3 Å². The van der Waals surface area contributed by atoms with Crippen molar-refractivity contribution >= 4 is 23.3 Å². The van der Waals surface area contributed by atoms with Gasteiger partial charge in [0, 0.05) is 5.69 Å². The van der Waals surface area contributed by atoms with Crippen molar-refractivity contribution < 1.29 is 14.3 Å². The summed E-state index contributed by atoms with van der Waals surface area (Å²) in [7, 11) is 0. The molecule has 1 aliphatic carbocycles. The molecule has 0 radical (unpaired) electrons. The Morgan fingerprint density at radius 1 is 1.04 bits per heavy atom. The van der Waals surface area contributed by atoms with Gasteiger partial charge in [-0.15, -0.1) is 0 Å². The molecule has 0 unspecified atom stereocenters. The Hall–Kier alpha value is -3.33. The first-order valence-corrected chi connectivity index (χ1v) is 8.92. The highest BCUT2D eigenvalue weighted by Crippen LogP contribution is 2.28. The summed E-state index contributed by atoms with van der Waals surface area (Å²) < 4.78 is 5.17. The minimum atomic E-state index is -0.823. The van der Waals surface area contributed by atoms with Gasteiger partial charge in [-0.05, 0) is 49.9 Å². The SMILES string of the molecule is N#CC1(NC(=O)COC(=O)c2ccccc2Nc2ccccc2)CCCC1. The lowest BCUT2D eigenvalue weighted by Crippen LogP contribution is -2.46. The summed E-state index contributed by atoms with van der Waals surface area (Å²) in [5.74, 6) is -1.05. The molecule has 2 N–H and O–H groups in total. The molecule has 0 saturated heterocycles. The second-order valence-corrected chi connectivity index (χ2v) is 6.56. The molecular weight excluding hydrogens is 342 g/mol. The zero-order valence-corrected chi connectivity index (χ0v) is 14.9. The number of nitrogens with zero attached hydrogens (tertiary/aromatic N) is 1. The summed E-state index contributed by atoms with van der Waals surface area (Å²) in [6, 6.07) is 18.6. The van der Waals surface area contributed by atoms with Gasteiger partial charge in [0.15, 0.2) is 6.61 Å². The lowest BCUT2D eigenvalue weighted by molar-refractivity contribution is -0.125. The second-order valence-electron chi connectivity index (χ2n) is 6.56. The topological polar surface area (TPSA) is 91.2 Å². The van der Waals surface area contributed by atoms with Gasteiger partial charge in [0.05, 0.1) is 17.3 Å². The number of hydrogen-bond acceptors (Lipinski definition) is 5. The van der Waals surface area contributed by atoms with E-state index < -0.39 is 24.0 Å². The largest absolute Gasteiger partial charge is 0.452 e. The summed E-state index contributed by atoms with van der Waals surface area (Å²) in [5, 5.41) is 15.2. The number of ether oxygens (including phenoxy) is 1. The normalized spacial score (nSPS) is 14.8. The predicted molar refractivity (Wildman–Crippen MR) is 101 cm³/mol. The molecule has 0 aliphatic heterocycles. The van der Waals surface area contributed by atoms with Crippen molar-refractivity contribution in [2.45, 2.75) is 31.2 Å². The first-order chi connectivity index (χ1) is 13.1. The summed E-state index contributed by atoms with van der Waals surface area (Å²) in [6.45, 7) is -0.415. The van der Waals surface area contributed by atoms with Crippen LogP contribution < -0.4 is 10.6 Å². The molecule has 1 saturated carbocycles. The maximum absolute atomic E-state index is 12.4. The Labute approximate surface area is 158 Å². The van der Waals surface area contributed by atoms with Crippen molar-refractivity contribution in [3.8, 4) is 6.07 Å². The van der Waals surface area contributed by atoms with Crippen LogP contribution in [0.3, 0.4) is 0 Å². The quantitative estimate of drug-likeness (QED) is 0.766. The van der Waals surface area contributed by atoms with E-state index in [9.17, 15) is 14.9 Å². The molecular formula is C21H21N3O3. The van der Waals surface area contributed by atoms with Crippen LogP contribution in [0.4, 0.5) is 11.4 Å². The van der Waals surface area contributed by atoms with E-state index in [2.05, 4.69) is 16.7 Å². The Morgan fingerprint density at radius 3 is 2.41 bits per heavy atom. The smallest absolute Gasteiger partial charge is 0.340 e. The van der Waals surface area contributed by atoms with Crippen LogP contribution in [0.1, 0.15) is 36.0 Å². The number of benzene rings is 2. The first-order valence-electron chi connectivity index (χ1n) is 8.92. The number of nitrogens with one attached hydrogen (secondary N) is 2. The number of rotatable bonds is 6. The molecule has 0 bridgehead atoms. The highest BCUT2D eigenvalue weighted by atomic mass is 16.5. The molecule has 0 aromatic heterocycles. The van der Waals surface area contributed by atoms with E-state index in [1.807, 2.05) is 36.4 Å². The highest BCUT2D eigenvalue weighted by Gasteiger charge is 2.35. The summed E-state index contributed by atoms with van der Waals surface area (Å²) >= 11 is 0. The lowest BCUT2D eigenvalue weighted by atomic mass is 10.00. The van der Waals surface area contributed by atoms with Gasteiger partial charge in [0.1, 0.15) is 5.54 Å². The Balaban J connectivity index is 1.61. The molecule has 2 aromatic rings. The Bertz CT molecular complexity index is 852. The number of hydrogen-bond donors (Lipinski definition) is 2. The van der Waals surface area contributed by atoms with Crippen molar-refractivity contribution in [1.29, 1.82) is 5.26 Å². The summed E-state index contributed by atoms with van der Waals surface area (Å²) in [6.07, 6.45) is 3.08. The van der Waals surface area contributed by atoms with E-state index in [4.69, 9.17) is 4.74 Å². The Morgan fingerprint density at radius 2 is 1.70 bits per heavy atom. The summed E-state index contributed by atoms with van der Waals surface area (Å²) in [4.78, 5) is 24.6. The monoisotopic (exact) mass is 363 g/mol. The molecule has 1 amide bonds. The average molecular weight is 363 g/mol. The third-order valence-electron chi connectivity index (χ3n) is 4.58. The van der Waals surface area contributed by atoms with E-state index in [1.165, 1.54) is 0 Å². The standard InChI is InChI=1S/C21H21N3O3/c22-15-21(12-6-7-13-21)24-19(25)14-27-20(26)17-10-4-5-11-18(17)23-16-8-2-1-3-9-16/h1-5,8-11,23H,6-7,12-14H2,(H,24,25). The van der Waals surface area contributed by atoms with Crippen molar-refractivity contribution in [2.75, 3.05) is 11.9 Å². The van der Waals surface area contributed by atoms with Crippen molar-refractivity contribution in [3.05, 3.63) is 60.2 Å². The molecule has 1 fully saturated rings. The molecule has 27 heavy (non-hydrogen) atoms. The first kappa shape index (κ1) is 18.5. The van der Waals surface area contributed by atoms with E-state index >= 15 is 0 Å². The maximum Gasteiger partial charge on any atom is 0.340 e. The number of nitriles is 1. The van der Waals surface area contributed by atoms with E-state index in [1.54, 1.807) is 18.2 Å². The van der Waals surface area contributed by atoms with Crippen LogP contribution in [0.2, 0.25) is 0 Å².